The summed E-state index contributed by atoms with van der Waals surface area (Å²) in [6.07, 6.45) is 2.03. The van der Waals surface area contributed by atoms with E-state index in [1.807, 2.05) is 48.5 Å². The van der Waals surface area contributed by atoms with Gasteiger partial charge in [-0.1, -0.05) is 36.4 Å². The van der Waals surface area contributed by atoms with Gasteiger partial charge in [0, 0.05) is 6.42 Å². The molecule has 0 bridgehead atoms. The summed E-state index contributed by atoms with van der Waals surface area (Å²) in [5.74, 6) is 0.392. The normalized spacial score (nSPS) is 11.0. The zero-order valence-corrected chi connectivity index (χ0v) is 19.0. The molecule has 0 saturated carbocycles. The zero-order valence-electron chi connectivity index (χ0n) is 17.4. The number of para-hydroxylation sites is 1. The van der Waals surface area contributed by atoms with E-state index in [0.29, 0.717) is 29.2 Å². The van der Waals surface area contributed by atoms with Crippen LogP contribution in [0.3, 0.4) is 0 Å². The number of aryl methyl sites for hydroxylation is 1. The molecule has 3 aromatic rings. The van der Waals surface area contributed by atoms with Crippen molar-refractivity contribution in [1.29, 1.82) is 0 Å². The number of hydrogen-bond donors (Lipinski definition) is 2. The maximum Gasteiger partial charge on any atom is 0.352 e. The van der Waals surface area contributed by atoms with Gasteiger partial charge < -0.3 is 19.9 Å². The molecule has 0 heterocycles. The molecule has 164 valence electrons. The second-order valence-electron chi connectivity index (χ2n) is 6.86. The van der Waals surface area contributed by atoms with Crippen LogP contribution in [-0.4, -0.2) is 24.1 Å². The summed E-state index contributed by atoms with van der Waals surface area (Å²) >= 11 is 3.43. The first kappa shape index (κ1) is 23.1. The summed E-state index contributed by atoms with van der Waals surface area (Å²) < 4.78 is 11.8. The largest absolute Gasteiger partial charge is 0.497 e. The average Bonchev–Trinajstić information content (AvgIpc) is 2.80. The van der Waals surface area contributed by atoms with E-state index in [0.717, 1.165) is 10.0 Å². The Bertz CT molecular complexity index is 1130. The van der Waals surface area contributed by atoms with Crippen LogP contribution in [0.1, 0.15) is 17.5 Å². The highest BCUT2D eigenvalue weighted by atomic mass is 79.9. The number of rotatable bonds is 9. The third-order valence-electron chi connectivity index (χ3n) is 4.53. The molecule has 0 aromatic heterocycles. The Kier molecular flexibility index (Phi) is 8.05. The molecule has 0 saturated heterocycles. The number of carboxylic acids is 1. The summed E-state index contributed by atoms with van der Waals surface area (Å²) in [4.78, 5) is 23.9. The van der Waals surface area contributed by atoms with Gasteiger partial charge in [-0.3, -0.25) is 4.79 Å². The molecule has 1 amide bonds. The van der Waals surface area contributed by atoms with Crippen LogP contribution in [0.2, 0.25) is 0 Å². The van der Waals surface area contributed by atoms with Crippen molar-refractivity contribution < 1.29 is 24.2 Å². The quantitative estimate of drug-likeness (QED) is 0.387. The minimum absolute atomic E-state index is 0.149. The summed E-state index contributed by atoms with van der Waals surface area (Å²) in [7, 11) is 1.58. The van der Waals surface area contributed by atoms with Crippen molar-refractivity contribution in [3.05, 3.63) is 94.1 Å². The highest BCUT2D eigenvalue weighted by molar-refractivity contribution is 9.10. The third kappa shape index (κ3) is 6.72. The molecule has 2 N–H and O–H groups in total. The molecule has 0 fully saturated rings. The van der Waals surface area contributed by atoms with Crippen molar-refractivity contribution in [3.63, 3.8) is 0 Å². The molecule has 0 aliphatic carbocycles. The second kappa shape index (κ2) is 11.2. The number of carbonyl (C=O) groups is 2. The summed E-state index contributed by atoms with van der Waals surface area (Å²) in [5, 5.41) is 12.0. The van der Waals surface area contributed by atoms with Gasteiger partial charge in [-0.2, -0.15) is 0 Å². The van der Waals surface area contributed by atoms with Crippen LogP contribution in [0, 0.1) is 0 Å². The lowest BCUT2D eigenvalue weighted by Gasteiger charge is -2.09. The lowest BCUT2D eigenvalue weighted by Crippen LogP contribution is -2.27. The molecule has 0 spiro atoms. The van der Waals surface area contributed by atoms with Crippen LogP contribution in [0.25, 0.3) is 6.08 Å². The number of benzene rings is 3. The summed E-state index contributed by atoms with van der Waals surface area (Å²) in [6.45, 7) is 0. The van der Waals surface area contributed by atoms with Gasteiger partial charge in [0.05, 0.1) is 11.6 Å². The number of halogens is 1. The Morgan fingerprint density at radius 1 is 1.00 bits per heavy atom. The molecule has 0 aliphatic rings. The molecule has 0 unspecified atom stereocenters. The first-order valence-electron chi connectivity index (χ1n) is 9.85. The number of carbonyl (C=O) groups excluding carboxylic acids is 1. The lowest BCUT2D eigenvalue weighted by atomic mass is 10.1. The average molecular weight is 496 g/mol. The van der Waals surface area contributed by atoms with Crippen molar-refractivity contribution in [2.45, 2.75) is 12.8 Å². The zero-order chi connectivity index (χ0) is 22.9. The van der Waals surface area contributed by atoms with Gasteiger partial charge in [0.2, 0.25) is 5.91 Å². The third-order valence-corrected chi connectivity index (χ3v) is 5.19. The fourth-order valence-corrected chi connectivity index (χ4v) is 3.27. The van der Waals surface area contributed by atoms with E-state index in [1.165, 1.54) is 6.08 Å². The molecule has 0 atom stereocenters. The van der Waals surface area contributed by atoms with Crippen LogP contribution in [0.4, 0.5) is 0 Å². The van der Waals surface area contributed by atoms with Gasteiger partial charge in [0.1, 0.15) is 22.9 Å². The maximum absolute atomic E-state index is 12.3. The molecular formula is C25H22BrNO5. The van der Waals surface area contributed by atoms with E-state index >= 15 is 0 Å². The Morgan fingerprint density at radius 3 is 2.44 bits per heavy atom. The maximum atomic E-state index is 12.3. The molecular weight excluding hydrogens is 474 g/mol. The predicted molar refractivity (Wildman–Crippen MR) is 126 cm³/mol. The fraction of sp³-hybridized carbons (Fsp3) is 0.120. The summed E-state index contributed by atoms with van der Waals surface area (Å²) in [5.41, 5.74) is 1.36. The van der Waals surface area contributed by atoms with Crippen molar-refractivity contribution in [2.75, 3.05) is 7.11 Å². The Labute approximate surface area is 194 Å². The molecule has 32 heavy (non-hydrogen) atoms. The van der Waals surface area contributed by atoms with Gasteiger partial charge in [-0.15, -0.1) is 0 Å². The number of carboxylic acid groups (broad SMARTS) is 1. The molecule has 3 aromatic carbocycles. The van der Waals surface area contributed by atoms with Crippen molar-refractivity contribution in [1.82, 2.24) is 5.32 Å². The van der Waals surface area contributed by atoms with Crippen LogP contribution in [0.5, 0.6) is 17.2 Å². The predicted octanol–water partition coefficient (Wildman–Crippen LogP) is 5.42. The standard InChI is InChI=1S/C25H22BrNO5/c1-31-20-6-4-5-17(15-20)11-14-24(28)27-22(25(29)30)16-18-9-12-19(13-10-18)32-23-8-3-2-7-21(23)26/h2-10,12-13,15-16H,11,14H2,1H3,(H,27,28)(H,29,30). The first-order valence-corrected chi connectivity index (χ1v) is 10.6. The Hall–Kier alpha value is -3.58. The minimum atomic E-state index is -1.21. The SMILES string of the molecule is COc1cccc(CCC(=O)NC(=Cc2ccc(Oc3ccccc3Br)cc2)C(=O)O)c1. The number of amides is 1. The smallest absolute Gasteiger partial charge is 0.352 e. The minimum Gasteiger partial charge on any atom is -0.497 e. The number of aliphatic carboxylic acids is 1. The number of hydrogen-bond acceptors (Lipinski definition) is 4. The van der Waals surface area contributed by atoms with Crippen LogP contribution in [0.15, 0.2) is 83.0 Å². The molecule has 0 radical (unpaired) electrons. The van der Waals surface area contributed by atoms with Gasteiger partial charge in [0.15, 0.2) is 0 Å². The lowest BCUT2D eigenvalue weighted by molar-refractivity contribution is -0.134. The van der Waals surface area contributed by atoms with E-state index in [1.54, 1.807) is 31.4 Å². The molecule has 0 aliphatic heterocycles. The number of nitrogens with one attached hydrogen (secondary N) is 1. The van der Waals surface area contributed by atoms with Crippen molar-refractivity contribution >= 4 is 33.9 Å². The van der Waals surface area contributed by atoms with E-state index < -0.39 is 5.97 Å². The van der Waals surface area contributed by atoms with E-state index in [4.69, 9.17) is 9.47 Å². The molecule has 7 heteroatoms. The van der Waals surface area contributed by atoms with Gasteiger partial charge in [-0.25, -0.2) is 4.79 Å². The van der Waals surface area contributed by atoms with E-state index in [9.17, 15) is 14.7 Å². The van der Waals surface area contributed by atoms with Crippen LogP contribution < -0.4 is 14.8 Å². The summed E-state index contributed by atoms with van der Waals surface area (Å²) in [6, 6.07) is 21.8. The monoisotopic (exact) mass is 495 g/mol. The Balaban J connectivity index is 1.63. The number of ether oxygens (including phenoxy) is 2. The highest BCUT2D eigenvalue weighted by Gasteiger charge is 2.12. The fourth-order valence-electron chi connectivity index (χ4n) is 2.90. The Morgan fingerprint density at radius 2 is 1.75 bits per heavy atom. The topological polar surface area (TPSA) is 84.9 Å². The van der Waals surface area contributed by atoms with Crippen molar-refractivity contribution in [3.8, 4) is 17.2 Å². The van der Waals surface area contributed by atoms with Gasteiger partial charge in [0.25, 0.3) is 0 Å². The second-order valence-corrected chi connectivity index (χ2v) is 7.72. The first-order chi connectivity index (χ1) is 15.4. The van der Waals surface area contributed by atoms with Gasteiger partial charge in [-0.05, 0) is 76.0 Å². The van der Waals surface area contributed by atoms with Crippen LogP contribution in [-0.2, 0) is 16.0 Å². The van der Waals surface area contributed by atoms with Gasteiger partial charge >= 0.3 is 5.97 Å². The highest BCUT2D eigenvalue weighted by Crippen LogP contribution is 2.29. The van der Waals surface area contributed by atoms with E-state index in [-0.39, 0.29) is 18.0 Å². The molecule has 6 nitrogen and oxygen atoms in total. The van der Waals surface area contributed by atoms with Crippen molar-refractivity contribution in [2.24, 2.45) is 0 Å². The van der Waals surface area contributed by atoms with E-state index in [2.05, 4.69) is 21.2 Å². The number of methoxy groups -OCH3 is 1. The van der Waals surface area contributed by atoms with Crippen LogP contribution >= 0.6 is 15.9 Å². The molecule has 3 rings (SSSR count).